The number of amides is 3. The highest BCUT2D eigenvalue weighted by Crippen LogP contribution is 2.34. The van der Waals surface area contributed by atoms with Crippen LogP contribution in [0.3, 0.4) is 0 Å². The van der Waals surface area contributed by atoms with E-state index in [1.165, 1.54) is 16.0 Å². The Morgan fingerprint density at radius 1 is 1.26 bits per heavy atom. The fraction of sp³-hybridized carbons (Fsp3) is 0.556. The van der Waals surface area contributed by atoms with Gasteiger partial charge in [0.15, 0.2) is 0 Å². The fourth-order valence-corrected chi connectivity index (χ4v) is 3.61. The number of carbonyl (C=O) groups excluding carboxylic acids is 2. The van der Waals surface area contributed by atoms with E-state index < -0.39 is 5.54 Å². The lowest BCUT2D eigenvalue weighted by Gasteiger charge is -2.20. The SMILES string of the molecule is Cc1cccc(CNCCCN2C(=O)NC3(CCCC3)C2=O)c1. The number of benzene rings is 1. The van der Waals surface area contributed by atoms with E-state index in [0.717, 1.165) is 45.2 Å². The topological polar surface area (TPSA) is 61.4 Å². The predicted molar refractivity (Wildman–Crippen MR) is 88.9 cm³/mol. The molecule has 124 valence electrons. The van der Waals surface area contributed by atoms with Gasteiger partial charge in [0.2, 0.25) is 0 Å². The summed E-state index contributed by atoms with van der Waals surface area (Å²) in [6.45, 7) is 4.18. The normalized spacial score (nSPS) is 19.6. The van der Waals surface area contributed by atoms with Crippen molar-refractivity contribution in [3.05, 3.63) is 35.4 Å². The van der Waals surface area contributed by atoms with Crippen molar-refractivity contribution < 1.29 is 9.59 Å². The maximum atomic E-state index is 12.5. The summed E-state index contributed by atoms with van der Waals surface area (Å²) >= 11 is 0. The number of urea groups is 1. The molecule has 3 rings (SSSR count). The van der Waals surface area contributed by atoms with Crippen molar-refractivity contribution in [3.8, 4) is 0 Å². The Hall–Kier alpha value is -1.88. The van der Waals surface area contributed by atoms with Crippen LogP contribution in [0.15, 0.2) is 24.3 Å². The molecule has 2 N–H and O–H groups in total. The van der Waals surface area contributed by atoms with Gasteiger partial charge in [-0.3, -0.25) is 9.69 Å². The number of nitrogens with zero attached hydrogens (tertiary/aromatic N) is 1. The molecule has 2 fully saturated rings. The number of hydrogen-bond donors (Lipinski definition) is 2. The lowest BCUT2D eigenvalue weighted by atomic mass is 9.98. The molecule has 1 aliphatic carbocycles. The van der Waals surface area contributed by atoms with Gasteiger partial charge >= 0.3 is 6.03 Å². The van der Waals surface area contributed by atoms with Crippen LogP contribution in [0.25, 0.3) is 0 Å². The van der Waals surface area contributed by atoms with Gasteiger partial charge in [0.05, 0.1) is 0 Å². The molecule has 0 unspecified atom stereocenters. The van der Waals surface area contributed by atoms with Crippen molar-refractivity contribution in [3.63, 3.8) is 0 Å². The monoisotopic (exact) mass is 315 g/mol. The Kier molecular flexibility index (Phi) is 4.66. The van der Waals surface area contributed by atoms with E-state index in [4.69, 9.17) is 0 Å². The largest absolute Gasteiger partial charge is 0.325 e. The van der Waals surface area contributed by atoms with E-state index in [1.54, 1.807) is 0 Å². The average molecular weight is 315 g/mol. The van der Waals surface area contributed by atoms with Crippen LogP contribution in [0.5, 0.6) is 0 Å². The van der Waals surface area contributed by atoms with Gasteiger partial charge in [0, 0.05) is 13.1 Å². The summed E-state index contributed by atoms with van der Waals surface area (Å²) in [5, 5.41) is 6.29. The third kappa shape index (κ3) is 3.39. The summed E-state index contributed by atoms with van der Waals surface area (Å²) in [5.74, 6) is -0.0151. The first kappa shape index (κ1) is 16.0. The quantitative estimate of drug-likeness (QED) is 0.626. The molecule has 1 saturated heterocycles. The standard InChI is InChI=1S/C18H25N3O2/c1-14-6-4-7-15(12-14)13-19-10-5-11-21-16(22)18(20-17(21)23)8-2-3-9-18/h4,6-7,12,19H,2-3,5,8-11,13H2,1H3,(H,20,23). The number of carbonyl (C=O) groups is 2. The Bertz CT molecular complexity index is 594. The van der Waals surface area contributed by atoms with Crippen LogP contribution in [-0.4, -0.2) is 35.5 Å². The highest BCUT2D eigenvalue weighted by molar-refractivity contribution is 6.07. The summed E-state index contributed by atoms with van der Waals surface area (Å²) < 4.78 is 0. The van der Waals surface area contributed by atoms with E-state index in [2.05, 4.69) is 41.8 Å². The van der Waals surface area contributed by atoms with E-state index in [0.29, 0.717) is 6.54 Å². The smallest absolute Gasteiger partial charge is 0.323 e. The van der Waals surface area contributed by atoms with Gasteiger partial charge in [-0.05, 0) is 38.3 Å². The number of hydrogen-bond acceptors (Lipinski definition) is 3. The molecule has 1 heterocycles. The Morgan fingerprint density at radius 3 is 2.78 bits per heavy atom. The second kappa shape index (κ2) is 6.71. The van der Waals surface area contributed by atoms with Gasteiger partial charge in [-0.25, -0.2) is 4.79 Å². The molecule has 0 aromatic heterocycles. The minimum absolute atomic E-state index is 0.0151. The van der Waals surface area contributed by atoms with Crippen LogP contribution < -0.4 is 10.6 Å². The average Bonchev–Trinajstić information content (AvgIpc) is 3.07. The number of imide groups is 1. The first-order valence-corrected chi connectivity index (χ1v) is 8.51. The van der Waals surface area contributed by atoms with Crippen LogP contribution in [0.2, 0.25) is 0 Å². The molecule has 0 radical (unpaired) electrons. The van der Waals surface area contributed by atoms with Crippen LogP contribution in [0, 0.1) is 6.92 Å². The predicted octanol–water partition coefficient (Wildman–Crippen LogP) is 2.34. The fourth-order valence-electron chi connectivity index (χ4n) is 3.61. The summed E-state index contributed by atoms with van der Waals surface area (Å²) in [5.41, 5.74) is 1.93. The summed E-state index contributed by atoms with van der Waals surface area (Å²) in [4.78, 5) is 25.9. The zero-order valence-corrected chi connectivity index (χ0v) is 13.7. The summed E-state index contributed by atoms with van der Waals surface area (Å²) in [6.07, 6.45) is 4.41. The highest BCUT2D eigenvalue weighted by Gasteiger charge is 2.51. The molecule has 23 heavy (non-hydrogen) atoms. The van der Waals surface area contributed by atoms with Crippen molar-refractivity contribution >= 4 is 11.9 Å². The number of rotatable bonds is 6. The molecule has 3 amide bonds. The first-order chi connectivity index (χ1) is 11.1. The van der Waals surface area contributed by atoms with Gasteiger partial charge in [-0.2, -0.15) is 0 Å². The number of aryl methyl sites for hydroxylation is 1. The molecule has 5 nitrogen and oxygen atoms in total. The Labute approximate surface area is 137 Å². The van der Waals surface area contributed by atoms with E-state index in [1.807, 2.05) is 0 Å². The van der Waals surface area contributed by atoms with Crippen LogP contribution >= 0.6 is 0 Å². The van der Waals surface area contributed by atoms with Crippen LogP contribution in [0.4, 0.5) is 4.79 Å². The lowest BCUT2D eigenvalue weighted by Crippen LogP contribution is -2.44. The second-order valence-electron chi connectivity index (χ2n) is 6.70. The molecule has 1 aromatic rings. The van der Waals surface area contributed by atoms with Gasteiger partial charge in [0.25, 0.3) is 5.91 Å². The molecule has 1 aromatic carbocycles. The zero-order chi connectivity index (χ0) is 16.3. The van der Waals surface area contributed by atoms with Gasteiger partial charge in [0.1, 0.15) is 5.54 Å². The summed E-state index contributed by atoms with van der Waals surface area (Å²) in [7, 11) is 0. The lowest BCUT2D eigenvalue weighted by molar-refractivity contribution is -0.131. The third-order valence-corrected chi connectivity index (χ3v) is 4.85. The van der Waals surface area contributed by atoms with Gasteiger partial charge in [-0.15, -0.1) is 0 Å². The van der Waals surface area contributed by atoms with Crippen molar-refractivity contribution in [2.45, 2.75) is 51.1 Å². The van der Waals surface area contributed by atoms with Crippen molar-refractivity contribution in [2.75, 3.05) is 13.1 Å². The second-order valence-corrected chi connectivity index (χ2v) is 6.70. The Morgan fingerprint density at radius 2 is 2.04 bits per heavy atom. The van der Waals surface area contributed by atoms with E-state index in [-0.39, 0.29) is 11.9 Å². The van der Waals surface area contributed by atoms with Crippen LogP contribution in [0.1, 0.15) is 43.2 Å². The van der Waals surface area contributed by atoms with Gasteiger partial charge in [-0.1, -0.05) is 42.7 Å². The van der Waals surface area contributed by atoms with Gasteiger partial charge < -0.3 is 10.6 Å². The van der Waals surface area contributed by atoms with Crippen molar-refractivity contribution in [2.24, 2.45) is 0 Å². The molecule has 5 heteroatoms. The molecular weight excluding hydrogens is 290 g/mol. The molecule has 0 atom stereocenters. The zero-order valence-electron chi connectivity index (χ0n) is 13.7. The van der Waals surface area contributed by atoms with Crippen molar-refractivity contribution in [1.82, 2.24) is 15.5 Å². The first-order valence-electron chi connectivity index (χ1n) is 8.51. The highest BCUT2D eigenvalue weighted by atomic mass is 16.2. The molecular formula is C18H25N3O2. The molecule has 2 aliphatic rings. The van der Waals surface area contributed by atoms with Crippen molar-refractivity contribution in [1.29, 1.82) is 0 Å². The minimum Gasteiger partial charge on any atom is -0.323 e. The molecule has 1 aliphatic heterocycles. The van der Waals surface area contributed by atoms with E-state index >= 15 is 0 Å². The maximum absolute atomic E-state index is 12.5. The minimum atomic E-state index is -0.577. The molecule has 1 saturated carbocycles. The Balaban J connectivity index is 1.42. The van der Waals surface area contributed by atoms with E-state index in [9.17, 15) is 9.59 Å². The maximum Gasteiger partial charge on any atom is 0.325 e. The molecule has 0 bridgehead atoms. The molecule has 1 spiro atoms. The third-order valence-electron chi connectivity index (χ3n) is 4.85. The number of nitrogens with one attached hydrogen (secondary N) is 2. The van der Waals surface area contributed by atoms with Crippen LogP contribution in [-0.2, 0) is 11.3 Å². The summed E-state index contributed by atoms with van der Waals surface area (Å²) in [6, 6.07) is 8.19.